The Labute approximate surface area is 120 Å². The minimum absolute atomic E-state index is 0.343. The van der Waals surface area contributed by atoms with E-state index in [2.05, 4.69) is 35.2 Å². The highest BCUT2D eigenvalue weighted by molar-refractivity contribution is 5.14. The Morgan fingerprint density at radius 1 is 1.10 bits per heavy atom. The molecule has 0 radical (unpaired) electrons. The summed E-state index contributed by atoms with van der Waals surface area (Å²) >= 11 is 0. The molecule has 0 aliphatic carbocycles. The van der Waals surface area contributed by atoms with E-state index in [-0.39, 0.29) is 0 Å². The van der Waals surface area contributed by atoms with Crippen LogP contribution < -0.4 is 0 Å². The van der Waals surface area contributed by atoms with Crippen molar-refractivity contribution in [1.29, 1.82) is 0 Å². The molecule has 1 fully saturated rings. The van der Waals surface area contributed by atoms with Crippen molar-refractivity contribution in [3.63, 3.8) is 0 Å². The van der Waals surface area contributed by atoms with E-state index in [0.29, 0.717) is 6.10 Å². The Balaban J connectivity index is 1.48. The van der Waals surface area contributed by atoms with Crippen LogP contribution in [-0.2, 0) is 17.7 Å². The van der Waals surface area contributed by atoms with Crippen LogP contribution in [0.15, 0.2) is 53.3 Å². The van der Waals surface area contributed by atoms with Crippen molar-refractivity contribution < 1.29 is 9.15 Å². The molecule has 0 N–H and O–H groups in total. The largest absolute Gasteiger partial charge is 0.472 e. The van der Waals surface area contributed by atoms with E-state index < -0.39 is 0 Å². The first-order valence-corrected chi connectivity index (χ1v) is 7.29. The molecule has 0 unspecified atom stereocenters. The number of ether oxygens (including phenoxy) is 1. The third-order valence-electron chi connectivity index (χ3n) is 3.81. The van der Waals surface area contributed by atoms with Gasteiger partial charge in [-0.1, -0.05) is 30.3 Å². The number of benzene rings is 1. The molecule has 1 aliphatic heterocycles. The summed E-state index contributed by atoms with van der Waals surface area (Å²) in [6.07, 6.45) is 6.09. The summed E-state index contributed by atoms with van der Waals surface area (Å²) in [5, 5.41) is 0. The van der Waals surface area contributed by atoms with E-state index in [1.54, 1.807) is 6.26 Å². The fourth-order valence-electron chi connectivity index (χ4n) is 2.71. The molecule has 106 valence electrons. The normalized spacial score (nSPS) is 20.1. The summed E-state index contributed by atoms with van der Waals surface area (Å²) in [5.74, 6) is 0. The molecular formula is C17H21NO2. The number of aryl methyl sites for hydroxylation is 1. The topological polar surface area (TPSA) is 25.6 Å². The molecule has 0 saturated carbocycles. The van der Waals surface area contributed by atoms with Crippen molar-refractivity contribution in [2.75, 3.05) is 19.7 Å². The maximum atomic E-state index is 5.88. The average molecular weight is 271 g/mol. The van der Waals surface area contributed by atoms with Crippen molar-refractivity contribution in [3.8, 4) is 0 Å². The Hall–Kier alpha value is -1.58. The van der Waals surface area contributed by atoms with Gasteiger partial charge < -0.3 is 9.15 Å². The van der Waals surface area contributed by atoms with Gasteiger partial charge in [0.15, 0.2) is 0 Å². The molecule has 3 rings (SSSR count). The van der Waals surface area contributed by atoms with Crippen molar-refractivity contribution in [3.05, 3.63) is 60.1 Å². The third-order valence-corrected chi connectivity index (χ3v) is 3.81. The average Bonchev–Trinajstić information content (AvgIpc) is 3.00. The summed E-state index contributed by atoms with van der Waals surface area (Å²) in [7, 11) is 0. The molecule has 3 heteroatoms. The van der Waals surface area contributed by atoms with E-state index in [4.69, 9.17) is 9.15 Å². The van der Waals surface area contributed by atoms with Gasteiger partial charge in [-0.3, -0.25) is 4.90 Å². The number of rotatable bonds is 5. The Bertz CT molecular complexity index is 495. The third kappa shape index (κ3) is 3.71. The quantitative estimate of drug-likeness (QED) is 0.835. The maximum Gasteiger partial charge on any atom is 0.0947 e. The molecule has 0 bridgehead atoms. The number of furan rings is 1. The molecular weight excluding hydrogens is 250 g/mol. The van der Waals surface area contributed by atoms with Crippen molar-refractivity contribution in [2.45, 2.75) is 25.5 Å². The Morgan fingerprint density at radius 2 is 2.00 bits per heavy atom. The predicted molar refractivity (Wildman–Crippen MR) is 78.5 cm³/mol. The molecule has 1 aliphatic rings. The molecule has 20 heavy (non-hydrogen) atoms. The predicted octanol–water partition coefficient (Wildman–Crippen LogP) is 3.11. The van der Waals surface area contributed by atoms with Gasteiger partial charge in [0.25, 0.3) is 0 Å². The molecule has 1 atom stereocenters. The van der Waals surface area contributed by atoms with Crippen LogP contribution >= 0.6 is 0 Å². The lowest BCUT2D eigenvalue weighted by atomic mass is 10.1. The maximum absolute atomic E-state index is 5.88. The van der Waals surface area contributed by atoms with Gasteiger partial charge in [0.1, 0.15) is 0 Å². The van der Waals surface area contributed by atoms with E-state index >= 15 is 0 Å². The van der Waals surface area contributed by atoms with E-state index in [1.165, 1.54) is 11.1 Å². The zero-order valence-corrected chi connectivity index (χ0v) is 11.7. The highest BCUT2D eigenvalue weighted by Gasteiger charge is 2.20. The SMILES string of the molecule is c1ccc(CC[C@H]2CN(Cc3ccoc3)CCO2)cc1. The Kier molecular flexibility index (Phi) is 4.51. The molecule has 0 amide bonds. The highest BCUT2D eigenvalue weighted by atomic mass is 16.5. The van der Waals surface area contributed by atoms with Gasteiger partial charge >= 0.3 is 0 Å². The fraction of sp³-hybridized carbons (Fsp3) is 0.412. The first-order valence-electron chi connectivity index (χ1n) is 7.29. The Morgan fingerprint density at radius 3 is 2.80 bits per heavy atom. The molecule has 1 aromatic heterocycles. The van der Waals surface area contributed by atoms with Gasteiger partial charge in [-0.15, -0.1) is 0 Å². The monoisotopic (exact) mass is 271 g/mol. The van der Waals surface area contributed by atoms with Crippen molar-refractivity contribution in [1.82, 2.24) is 4.90 Å². The summed E-state index contributed by atoms with van der Waals surface area (Å²) in [6, 6.07) is 12.7. The summed E-state index contributed by atoms with van der Waals surface area (Å²) in [6.45, 7) is 3.81. The molecule has 1 aromatic carbocycles. The van der Waals surface area contributed by atoms with Crippen LogP contribution in [0.3, 0.4) is 0 Å². The summed E-state index contributed by atoms with van der Waals surface area (Å²) in [4.78, 5) is 2.45. The van der Waals surface area contributed by atoms with Gasteiger partial charge in [-0.25, -0.2) is 0 Å². The lowest BCUT2D eigenvalue weighted by Crippen LogP contribution is -2.42. The van der Waals surface area contributed by atoms with Crippen LogP contribution in [0.4, 0.5) is 0 Å². The second kappa shape index (κ2) is 6.73. The van der Waals surface area contributed by atoms with Gasteiger partial charge in [0.05, 0.1) is 25.2 Å². The van der Waals surface area contributed by atoms with E-state index in [1.807, 2.05) is 12.3 Å². The van der Waals surface area contributed by atoms with Crippen molar-refractivity contribution >= 4 is 0 Å². The van der Waals surface area contributed by atoms with Crippen LogP contribution in [0.25, 0.3) is 0 Å². The zero-order valence-electron chi connectivity index (χ0n) is 11.7. The van der Waals surface area contributed by atoms with Gasteiger partial charge in [-0.05, 0) is 24.5 Å². The molecule has 3 nitrogen and oxygen atoms in total. The lowest BCUT2D eigenvalue weighted by Gasteiger charge is -2.32. The number of nitrogens with zero attached hydrogens (tertiary/aromatic N) is 1. The van der Waals surface area contributed by atoms with Gasteiger partial charge in [-0.2, -0.15) is 0 Å². The summed E-state index contributed by atoms with van der Waals surface area (Å²) in [5.41, 5.74) is 2.64. The highest BCUT2D eigenvalue weighted by Crippen LogP contribution is 2.15. The van der Waals surface area contributed by atoms with Crippen LogP contribution in [0, 0.1) is 0 Å². The summed E-state index contributed by atoms with van der Waals surface area (Å²) < 4.78 is 11.0. The van der Waals surface area contributed by atoms with E-state index in [9.17, 15) is 0 Å². The van der Waals surface area contributed by atoms with E-state index in [0.717, 1.165) is 39.1 Å². The van der Waals surface area contributed by atoms with Crippen LogP contribution in [0.1, 0.15) is 17.5 Å². The first kappa shape index (κ1) is 13.4. The first-order chi connectivity index (χ1) is 9.90. The second-order valence-corrected chi connectivity index (χ2v) is 5.38. The van der Waals surface area contributed by atoms with Gasteiger partial charge in [0.2, 0.25) is 0 Å². The second-order valence-electron chi connectivity index (χ2n) is 5.38. The minimum Gasteiger partial charge on any atom is -0.472 e. The van der Waals surface area contributed by atoms with Crippen LogP contribution in [0.2, 0.25) is 0 Å². The van der Waals surface area contributed by atoms with Crippen LogP contribution in [-0.4, -0.2) is 30.7 Å². The number of hydrogen-bond acceptors (Lipinski definition) is 3. The molecule has 0 spiro atoms. The van der Waals surface area contributed by atoms with Gasteiger partial charge in [0, 0.05) is 25.2 Å². The molecule has 1 saturated heterocycles. The smallest absolute Gasteiger partial charge is 0.0947 e. The molecule has 2 aromatic rings. The van der Waals surface area contributed by atoms with Crippen LogP contribution in [0.5, 0.6) is 0 Å². The standard InChI is InChI=1S/C17H21NO2/c1-2-4-15(5-3-1)6-7-17-13-18(9-11-20-17)12-16-8-10-19-14-16/h1-5,8,10,14,17H,6-7,9,11-13H2/t17-/m0/s1. The fourth-order valence-corrected chi connectivity index (χ4v) is 2.71. The molecule has 2 heterocycles. The minimum atomic E-state index is 0.343. The number of morpholine rings is 1. The van der Waals surface area contributed by atoms with Crippen molar-refractivity contribution in [2.24, 2.45) is 0 Å². The lowest BCUT2D eigenvalue weighted by molar-refractivity contribution is -0.0346. The zero-order chi connectivity index (χ0) is 13.6. The number of hydrogen-bond donors (Lipinski definition) is 0.